The quantitative estimate of drug-likeness (QED) is 0.711. The first kappa shape index (κ1) is 19.1. The minimum atomic E-state index is -0.0375. The van der Waals surface area contributed by atoms with Crippen LogP contribution in [0, 0.1) is 0 Å². The summed E-state index contributed by atoms with van der Waals surface area (Å²) in [7, 11) is 1.14. The SMILES string of the molecule is CCCCc1ccc(C2(C3=C(CN)CC([SiH3])=C3CC)C=CC=CC2)cc1. The predicted octanol–water partition coefficient (Wildman–Crippen LogP) is 4.47. The lowest BCUT2D eigenvalue weighted by molar-refractivity contribution is 0.627. The Bertz CT molecular complexity index is 764. The van der Waals surface area contributed by atoms with Crippen LogP contribution < -0.4 is 5.73 Å². The smallest absolute Gasteiger partial charge is 0.0422 e. The zero-order chi connectivity index (χ0) is 18.6. The lowest BCUT2D eigenvalue weighted by atomic mass is 9.67. The van der Waals surface area contributed by atoms with Gasteiger partial charge in [-0.15, -0.1) is 0 Å². The molecule has 0 heterocycles. The molecule has 0 bridgehead atoms. The van der Waals surface area contributed by atoms with Crippen molar-refractivity contribution >= 4 is 10.2 Å². The van der Waals surface area contributed by atoms with Gasteiger partial charge in [0, 0.05) is 22.2 Å². The topological polar surface area (TPSA) is 26.0 Å². The van der Waals surface area contributed by atoms with E-state index in [1.54, 1.807) is 10.8 Å². The molecule has 1 aromatic rings. The molecule has 3 rings (SSSR count). The molecule has 0 aliphatic heterocycles. The lowest BCUT2D eigenvalue weighted by Crippen LogP contribution is -2.29. The Morgan fingerprint density at radius 1 is 1.12 bits per heavy atom. The molecule has 0 aromatic heterocycles. The number of benzene rings is 1. The van der Waals surface area contributed by atoms with Gasteiger partial charge in [-0.25, -0.2) is 0 Å². The zero-order valence-electron chi connectivity index (χ0n) is 16.6. The van der Waals surface area contributed by atoms with Crippen molar-refractivity contribution in [2.24, 2.45) is 5.73 Å². The second kappa shape index (κ2) is 8.37. The van der Waals surface area contributed by atoms with Gasteiger partial charge in [-0.1, -0.05) is 74.0 Å². The normalized spacial score (nSPS) is 22.7. The minimum absolute atomic E-state index is 0.0375. The number of hydrogen-bond donors (Lipinski definition) is 1. The second-order valence-electron chi connectivity index (χ2n) is 7.74. The van der Waals surface area contributed by atoms with Crippen LogP contribution in [0.1, 0.15) is 57.1 Å². The van der Waals surface area contributed by atoms with Gasteiger partial charge in [0.1, 0.15) is 0 Å². The molecule has 0 fully saturated rings. The molecule has 0 saturated heterocycles. The van der Waals surface area contributed by atoms with Crippen LogP contribution in [0.25, 0.3) is 0 Å². The number of unbranched alkanes of at least 4 members (excludes halogenated alkanes) is 1. The fourth-order valence-corrected chi connectivity index (χ4v) is 5.72. The first-order valence-electron chi connectivity index (χ1n) is 10.2. The third kappa shape index (κ3) is 3.45. The van der Waals surface area contributed by atoms with Crippen LogP contribution in [0.5, 0.6) is 0 Å². The molecule has 0 spiro atoms. The Labute approximate surface area is 162 Å². The van der Waals surface area contributed by atoms with E-state index >= 15 is 0 Å². The van der Waals surface area contributed by atoms with Crippen LogP contribution >= 0.6 is 0 Å². The zero-order valence-corrected chi connectivity index (χ0v) is 18.6. The third-order valence-electron chi connectivity index (χ3n) is 6.05. The Kier molecular flexibility index (Phi) is 6.15. The molecule has 2 aliphatic carbocycles. The summed E-state index contributed by atoms with van der Waals surface area (Å²) in [6, 6.07) is 9.42. The van der Waals surface area contributed by atoms with Gasteiger partial charge in [0.05, 0.1) is 0 Å². The predicted molar refractivity (Wildman–Crippen MR) is 118 cm³/mol. The molecule has 2 N–H and O–H groups in total. The molecule has 0 saturated carbocycles. The molecule has 26 heavy (non-hydrogen) atoms. The minimum Gasteiger partial charge on any atom is -0.327 e. The monoisotopic (exact) mass is 363 g/mol. The van der Waals surface area contributed by atoms with Crippen molar-refractivity contribution in [1.82, 2.24) is 0 Å². The van der Waals surface area contributed by atoms with E-state index < -0.39 is 0 Å². The van der Waals surface area contributed by atoms with E-state index in [-0.39, 0.29) is 5.41 Å². The van der Waals surface area contributed by atoms with Gasteiger partial charge in [-0.2, -0.15) is 0 Å². The molecule has 0 radical (unpaired) electrons. The van der Waals surface area contributed by atoms with Crippen LogP contribution in [-0.2, 0) is 11.8 Å². The highest BCUT2D eigenvalue weighted by atomic mass is 28.1. The van der Waals surface area contributed by atoms with Gasteiger partial charge >= 0.3 is 0 Å². The van der Waals surface area contributed by atoms with Crippen molar-refractivity contribution in [2.45, 2.75) is 57.8 Å². The number of allylic oxidation sites excluding steroid dienone is 7. The van der Waals surface area contributed by atoms with Crippen molar-refractivity contribution < 1.29 is 0 Å². The number of hydrogen-bond acceptors (Lipinski definition) is 1. The van der Waals surface area contributed by atoms with Gasteiger partial charge in [0.2, 0.25) is 0 Å². The van der Waals surface area contributed by atoms with Gasteiger partial charge < -0.3 is 5.73 Å². The Hall–Kier alpha value is -1.64. The van der Waals surface area contributed by atoms with Crippen molar-refractivity contribution in [3.63, 3.8) is 0 Å². The van der Waals surface area contributed by atoms with E-state index in [9.17, 15) is 0 Å². The summed E-state index contributed by atoms with van der Waals surface area (Å²) in [6.07, 6.45) is 16.1. The summed E-state index contributed by atoms with van der Waals surface area (Å²) in [6.45, 7) is 5.24. The first-order chi connectivity index (χ1) is 12.7. The van der Waals surface area contributed by atoms with E-state index in [4.69, 9.17) is 5.73 Å². The highest BCUT2D eigenvalue weighted by Crippen LogP contribution is 2.49. The average Bonchev–Trinajstić information content (AvgIpc) is 3.03. The van der Waals surface area contributed by atoms with E-state index in [1.807, 2.05) is 0 Å². The summed E-state index contributed by atoms with van der Waals surface area (Å²) in [5.41, 5.74) is 13.6. The van der Waals surface area contributed by atoms with Crippen LogP contribution in [0.3, 0.4) is 0 Å². The standard InChI is InChI=1S/C24H33NSi/c1-3-5-9-18-10-12-20(13-11-18)24(14-7-6-8-15-24)23-19(17-25)16-22(26)21(23)4-2/h6-8,10-14H,3-5,9,15-17,25H2,1-2,26H3. The van der Waals surface area contributed by atoms with E-state index in [2.05, 4.69) is 62.4 Å². The van der Waals surface area contributed by atoms with E-state index in [0.717, 1.165) is 29.5 Å². The second-order valence-corrected chi connectivity index (χ2v) is 8.94. The average molecular weight is 364 g/mol. The van der Waals surface area contributed by atoms with Crippen molar-refractivity contribution in [1.29, 1.82) is 0 Å². The highest BCUT2D eigenvalue weighted by molar-refractivity contribution is 6.23. The van der Waals surface area contributed by atoms with E-state index in [0.29, 0.717) is 6.54 Å². The Balaban J connectivity index is 2.08. The number of nitrogens with two attached hydrogens (primary N) is 1. The molecule has 0 amide bonds. The maximum atomic E-state index is 6.21. The summed E-state index contributed by atoms with van der Waals surface area (Å²) in [5.74, 6) is 0. The molecule has 138 valence electrons. The molecular formula is C24H33NSi. The van der Waals surface area contributed by atoms with Crippen LogP contribution in [-0.4, -0.2) is 16.8 Å². The number of rotatable bonds is 7. The lowest BCUT2D eigenvalue weighted by Gasteiger charge is -2.36. The Morgan fingerprint density at radius 3 is 2.46 bits per heavy atom. The van der Waals surface area contributed by atoms with Crippen molar-refractivity contribution in [3.8, 4) is 0 Å². The third-order valence-corrected chi connectivity index (χ3v) is 7.01. The number of aryl methyl sites for hydroxylation is 1. The van der Waals surface area contributed by atoms with Crippen LogP contribution in [0.4, 0.5) is 0 Å². The maximum Gasteiger partial charge on any atom is 0.0422 e. The Morgan fingerprint density at radius 2 is 1.88 bits per heavy atom. The molecule has 2 heteroatoms. The van der Waals surface area contributed by atoms with E-state index in [1.165, 1.54) is 41.5 Å². The van der Waals surface area contributed by atoms with Crippen LogP contribution in [0.15, 0.2) is 70.5 Å². The van der Waals surface area contributed by atoms with Crippen molar-refractivity contribution in [3.05, 3.63) is 81.6 Å². The van der Waals surface area contributed by atoms with Crippen LogP contribution in [0.2, 0.25) is 0 Å². The molecule has 2 aliphatic rings. The highest BCUT2D eigenvalue weighted by Gasteiger charge is 2.39. The first-order valence-corrected chi connectivity index (χ1v) is 11.2. The van der Waals surface area contributed by atoms with Crippen molar-refractivity contribution in [2.75, 3.05) is 6.54 Å². The molecule has 1 nitrogen and oxygen atoms in total. The molecule has 1 aromatic carbocycles. The van der Waals surface area contributed by atoms with Gasteiger partial charge in [0.15, 0.2) is 0 Å². The summed E-state index contributed by atoms with van der Waals surface area (Å²) < 4.78 is 0. The largest absolute Gasteiger partial charge is 0.327 e. The molecule has 1 atom stereocenters. The fraction of sp³-hybridized carbons (Fsp3) is 0.417. The summed E-state index contributed by atoms with van der Waals surface area (Å²) in [5, 5.41) is 1.64. The van der Waals surface area contributed by atoms with Gasteiger partial charge in [0.25, 0.3) is 0 Å². The summed E-state index contributed by atoms with van der Waals surface area (Å²) >= 11 is 0. The molecular weight excluding hydrogens is 330 g/mol. The maximum absolute atomic E-state index is 6.21. The fourth-order valence-electron chi connectivity index (χ4n) is 4.69. The summed E-state index contributed by atoms with van der Waals surface area (Å²) in [4.78, 5) is 0. The van der Waals surface area contributed by atoms with Gasteiger partial charge in [-0.3, -0.25) is 0 Å². The molecule has 1 unspecified atom stereocenters. The van der Waals surface area contributed by atoms with Gasteiger partial charge in [-0.05, 0) is 60.0 Å².